The molecule has 0 spiro atoms. The number of anilines is 1. The number of likely N-dealkylation sites (tertiary alicyclic amines) is 1. The minimum atomic E-state index is -0.163. The zero-order chi connectivity index (χ0) is 18.0. The van der Waals surface area contributed by atoms with E-state index in [1.54, 1.807) is 20.3 Å². The zero-order valence-corrected chi connectivity index (χ0v) is 15.1. The zero-order valence-electron chi connectivity index (χ0n) is 15.1. The summed E-state index contributed by atoms with van der Waals surface area (Å²) in [4.78, 5) is 26.8. The number of ether oxygens (including phenoxy) is 2. The molecule has 1 N–H and O–H groups in total. The van der Waals surface area contributed by atoms with Crippen LogP contribution in [0, 0.1) is 18.8 Å². The molecule has 0 bridgehead atoms. The van der Waals surface area contributed by atoms with E-state index in [1.807, 2.05) is 17.9 Å². The molecule has 0 unspecified atom stereocenters. The number of hydrogen-bond acceptors (Lipinski definition) is 4. The van der Waals surface area contributed by atoms with E-state index in [2.05, 4.69) is 5.32 Å². The van der Waals surface area contributed by atoms with Crippen LogP contribution in [0.5, 0.6) is 11.5 Å². The van der Waals surface area contributed by atoms with Crippen molar-refractivity contribution in [3.05, 3.63) is 17.7 Å². The van der Waals surface area contributed by atoms with Gasteiger partial charge in [0.15, 0.2) is 11.5 Å². The molecule has 6 nitrogen and oxygen atoms in total. The van der Waals surface area contributed by atoms with Gasteiger partial charge in [-0.1, -0.05) is 0 Å². The molecule has 1 heterocycles. The number of benzene rings is 1. The Morgan fingerprint density at radius 2 is 1.76 bits per heavy atom. The summed E-state index contributed by atoms with van der Waals surface area (Å²) in [5.41, 5.74) is 1.63. The molecule has 1 atom stereocenters. The molecule has 1 saturated heterocycles. The summed E-state index contributed by atoms with van der Waals surface area (Å²) in [5.74, 6) is 1.44. The maximum atomic E-state index is 12.7. The van der Waals surface area contributed by atoms with Crippen LogP contribution in [-0.4, -0.2) is 44.0 Å². The second-order valence-electron chi connectivity index (χ2n) is 6.91. The Morgan fingerprint density at radius 1 is 1.08 bits per heavy atom. The Hall–Kier alpha value is -2.24. The van der Waals surface area contributed by atoms with Gasteiger partial charge >= 0.3 is 0 Å². The van der Waals surface area contributed by atoms with Crippen molar-refractivity contribution in [1.82, 2.24) is 4.90 Å². The fraction of sp³-hybridized carbons (Fsp3) is 0.579. The van der Waals surface area contributed by atoms with E-state index in [9.17, 15) is 9.59 Å². The van der Waals surface area contributed by atoms with Gasteiger partial charge < -0.3 is 19.7 Å². The van der Waals surface area contributed by atoms with Gasteiger partial charge in [-0.15, -0.1) is 0 Å². The highest BCUT2D eigenvalue weighted by atomic mass is 16.5. The smallest absolute Gasteiger partial charge is 0.229 e. The molecular formula is C19H26N2O4. The minimum Gasteiger partial charge on any atom is -0.493 e. The second kappa shape index (κ2) is 7.33. The molecule has 136 valence electrons. The quantitative estimate of drug-likeness (QED) is 0.890. The van der Waals surface area contributed by atoms with Crippen LogP contribution in [0.15, 0.2) is 12.1 Å². The van der Waals surface area contributed by atoms with Crippen LogP contribution in [-0.2, 0) is 9.59 Å². The summed E-state index contributed by atoms with van der Waals surface area (Å²) >= 11 is 0. The normalized spacial score (nSPS) is 20.1. The van der Waals surface area contributed by atoms with Crippen LogP contribution < -0.4 is 14.8 Å². The number of nitrogens with one attached hydrogen (secondary N) is 1. The third kappa shape index (κ3) is 3.89. The van der Waals surface area contributed by atoms with E-state index in [0.29, 0.717) is 23.7 Å². The number of hydrogen-bond donors (Lipinski definition) is 1. The third-order valence-electron chi connectivity index (χ3n) is 5.02. The van der Waals surface area contributed by atoms with Gasteiger partial charge in [-0.2, -0.15) is 0 Å². The van der Waals surface area contributed by atoms with E-state index in [4.69, 9.17) is 9.47 Å². The van der Waals surface area contributed by atoms with E-state index >= 15 is 0 Å². The fourth-order valence-electron chi connectivity index (χ4n) is 3.33. The van der Waals surface area contributed by atoms with Crippen LogP contribution in [0.4, 0.5) is 5.69 Å². The SMILES string of the molecule is COc1cc(C)c(NC(=O)[C@H]2CCCN(C(=O)C3CC3)C2)cc1OC. The van der Waals surface area contributed by atoms with Crippen LogP contribution in [0.1, 0.15) is 31.2 Å². The Bertz CT molecular complexity index is 670. The number of aryl methyl sites for hydroxylation is 1. The van der Waals surface area contributed by atoms with Crippen molar-refractivity contribution < 1.29 is 19.1 Å². The summed E-state index contributed by atoms with van der Waals surface area (Å²) in [7, 11) is 3.16. The molecule has 1 aromatic rings. The lowest BCUT2D eigenvalue weighted by atomic mass is 9.96. The Balaban J connectivity index is 1.68. The molecule has 6 heteroatoms. The molecule has 1 saturated carbocycles. The Kier molecular flexibility index (Phi) is 5.16. The van der Waals surface area contributed by atoms with Gasteiger partial charge in [0.2, 0.25) is 11.8 Å². The molecule has 2 aliphatic rings. The van der Waals surface area contributed by atoms with Gasteiger partial charge in [-0.05, 0) is 44.2 Å². The predicted molar refractivity (Wildman–Crippen MR) is 94.9 cm³/mol. The molecule has 1 aliphatic carbocycles. The number of carbonyl (C=O) groups is 2. The fourth-order valence-corrected chi connectivity index (χ4v) is 3.33. The number of nitrogens with zero attached hydrogens (tertiary/aromatic N) is 1. The molecule has 0 radical (unpaired) electrons. The second-order valence-corrected chi connectivity index (χ2v) is 6.91. The van der Waals surface area contributed by atoms with Crippen molar-refractivity contribution in [3.8, 4) is 11.5 Å². The molecular weight excluding hydrogens is 320 g/mol. The number of piperidine rings is 1. The third-order valence-corrected chi connectivity index (χ3v) is 5.02. The largest absolute Gasteiger partial charge is 0.493 e. The van der Waals surface area contributed by atoms with E-state index in [0.717, 1.165) is 37.8 Å². The average Bonchev–Trinajstić information content (AvgIpc) is 3.47. The summed E-state index contributed by atoms with van der Waals surface area (Å²) in [6, 6.07) is 3.63. The van der Waals surface area contributed by atoms with Gasteiger partial charge in [0.05, 0.1) is 20.1 Å². The van der Waals surface area contributed by atoms with Crippen LogP contribution >= 0.6 is 0 Å². The lowest BCUT2D eigenvalue weighted by Crippen LogP contribution is -2.44. The highest BCUT2D eigenvalue weighted by Crippen LogP contribution is 2.34. The molecule has 3 rings (SSSR count). The summed E-state index contributed by atoms with van der Waals surface area (Å²) in [5, 5.41) is 3.00. The van der Waals surface area contributed by atoms with Crippen LogP contribution in [0.25, 0.3) is 0 Å². The van der Waals surface area contributed by atoms with Crippen molar-refractivity contribution in [2.45, 2.75) is 32.6 Å². The monoisotopic (exact) mass is 346 g/mol. The van der Waals surface area contributed by atoms with Crippen molar-refractivity contribution in [2.24, 2.45) is 11.8 Å². The average molecular weight is 346 g/mol. The van der Waals surface area contributed by atoms with E-state index in [-0.39, 0.29) is 23.7 Å². The maximum Gasteiger partial charge on any atom is 0.229 e. The molecule has 1 aliphatic heterocycles. The lowest BCUT2D eigenvalue weighted by molar-refractivity contribution is -0.135. The van der Waals surface area contributed by atoms with Crippen LogP contribution in [0.3, 0.4) is 0 Å². The maximum absolute atomic E-state index is 12.7. The van der Waals surface area contributed by atoms with Crippen molar-refractivity contribution in [3.63, 3.8) is 0 Å². The summed E-state index contributed by atoms with van der Waals surface area (Å²) < 4.78 is 10.6. The first-order chi connectivity index (χ1) is 12.0. The topological polar surface area (TPSA) is 67.9 Å². The molecule has 1 aromatic carbocycles. The number of amides is 2. The van der Waals surface area contributed by atoms with Crippen LogP contribution in [0.2, 0.25) is 0 Å². The van der Waals surface area contributed by atoms with E-state index in [1.165, 1.54) is 0 Å². The summed E-state index contributed by atoms with van der Waals surface area (Å²) in [6.45, 7) is 3.21. The van der Waals surface area contributed by atoms with Crippen molar-refractivity contribution in [2.75, 3.05) is 32.6 Å². The Morgan fingerprint density at radius 3 is 2.40 bits per heavy atom. The van der Waals surface area contributed by atoms with Gasteiger partial charge in [0.1, 0.15) is 0 Å². The standard InChI is InChI=1S/C19H26N2O4/c1-12-9-16(24-2)17(25-3)10-15(12)20-18(22)14-5-4-8-21(11-14)19(23)13-6-7-13/h9-10,13-14H,4-8,11H2,1-3H3,(H,20,22)/t14-/m0/s1. The Labute approximate surface area is 148 Å². The minimum absolute atomic E-state index is 0.0383. The molecule has 2 fully saturated rings. The lowest BCUT2D eigenvalue weighted by Gasteiger charge is -2.32. The highest BCUT2D eigenvalue weighted by Gasteiger charge is 2.36. The number of methoxy groups -OCH3 is 2. The number of rotatable bonds is 5. The van der Waals surface area contributed by atoms with Gasteiger partial charge in [0.25, 0.3) is 0 Å². The van der Waals surface area contributed by atoms with E-state index < -0.39 is 0 Å². The van der Waals surface area contributed by atoms with Gasteiger partial charge in [0, 0.05) is 30.8 Å². The van der Waals surface area contributed by atoms with Gasteiger partial charge in [-0.3, -0.25) is 9.59 Å². The summed E-state index contributed by atoms with van der Waals surface area (Å²) in [6.07, 6.45) is 3.68. The van der Waals surface area contributed by atoms with Gasteiger partial charge in [-0.25, -0.2) is 0 Å². The molecule has 0 aromatic heterocycles. The molecule has 25 heavy (non-hydrogen) atoms. The first-order valence-electron chi connectivity index (χ1n) is 8.85. The highest BCUT2D eigenvalue weighted by molar-refractivity contribution is 5.94. The van der Waals surface area contributed by atoms with Crippen molar-refractivity contribution >= 4 is 17.5 Å². The molecule has 2 amide bonds. The number of carbonyl (C=O) groups excluding carboxylic acids is 2. The first kappa shape index (κ1) is 17.6. The predicted octanol–water partition coefficient (Wildman–Crippen LogP) is 2.60. The van der Waals surface area contributed by atoms with Crippen molar-refractivity contribution in [1.29, 1.82) is 0 Å². The first-order valence-corrected chi connectivity index (χ1v) is 8.85.